The van der Waals surface area contributed by atoms with E-state index in [4.69, 9.17) is 5.26 Å². The van der Waals surface area contributed by atoms with Crippen molar-refractivity contribution in [3.63, 3.8) is 0 Å². The third-order valence-electron chi connectivity index (χ3n) is 2.83. The van der Waals surface area contributed by atoms with Gasteiger partial charge in [-0.1, -0.05) is 6.92 Å². The number of aryl methyl sites for hydroxylation is 1. The van der Waals surface area contributed by atoms with Gasteiger partial charge in [-0.05, 0) is 38.3 Å². The highest BCUT2D eigenvalue weighted by Gasteiger charge is 2.23. The Morgan fingerprint density at radius 2 is 1.82 bits per heavy atom. The van der Waals surface area contributed by atoms with Crippen LogP contribution in [0.25, 0.3) is 0 Å². The van der Waals surface area contributed by atoms with Crippen LogP contribution in [0.2, 0.25) is 0 Å². The zero-order valence-electron chi connectivity index (χ0n) is 10.5. The molecule has 0 saturated heterocycles. The smallest absolute Gasteiger partial charge is 0.181 e. The second kappa shape index (κ2) is 4.84. The molecule has 17 heavy (non-hydrogen) atoms. The molecule has 1 heterocycles. The molecule has 0 spiro atoms. The van der Waals surface area contributed by atoms with E-state index in [9.17, 15) is 8.42 Å². The Hall–Kier alpha value is -1.41. The molecule has 0 radical (unpaired) electrons. The molecule has 0 aliphatic carbocycles. The molecule has 0 amide bonds. The molecule has 0 aliphatic rings. The van der Waals surface area contributed by atoms with Gasteiger partial charge >= 0.3 is 0 Å². The first-order valence-corrected chi connectivity index (χ1v) is 7.11. The van der Waals surface area contributed by atoms with Gasteiger partial charge in [-0.3, -0.25) is 0 Å². The largest absolute Gasteiger partial charge is 0.241 e. The molecule has 0 N–H and O–H groups in total. The van der Waals surface area contributed by atoms with Crippen LogP contribution >= 0.6 is 0 Å². The lowest BCUT2D eigenvalue weighted by Crippen LogP contribution is -2.13. The average Bonchev–Trinajstić information content (AvgIpc) is 2.24. The Labute approximate surface area is 102 Å². The van der Waals surface area contributed by atoms with Crippen molar-refractivity contribution in [2.24, 2.45) is 0 Å². The number of sulfone groups is 1. The topological polar surface area (TPSA) is 70.8 Å². The highest BCUT2D eigenvalue weighted by Crippen LogP contribution is 2.24. The van der Waals surface area contributed by atoms with E-state index in [0.717, 1.165) is 5.56 Å². The summed E-state index contributed by atoms with van der Waals surface area (Å²) >= 11 is 0. The molecule has 0 bridgehead atoms. The first kappa shape index (κ1) is 13.7. The van der Waals surface area contributed by atoms with Crippen molar-refractivity contribution in [1.82, 2.24) is 4.98 Å². The lowest BCUT2D eigenvalue weighted by molar-refractivity contribution is 0.593. The highest BCUT2D eigenvalue weighted by atomic mass is 32.2. The second-order valence-corrected chi connectivity index (χ2v) is 6.10. The SMILES string of the molecule is CCCS(=O)(=O)c1c(C#N)nc(C)c(C)c1C. The van der Waals surface area contributed by atoms with Crippen molar-refractivity contribution in [1.29, 1.82) is 5.26 Å². The Morgan fingerprint density at radius 1 is 1.24 bits per heavy atom. The van der Waals surface area contributed by atoms with Gasteiger partial charge in [0, 0.05) is 5.69 Å². The molecule has 4 nitrogen and oxygen atoms in total. The summed E-state index contributed by atoms with van der Waals surface area (Å²) in [6.45, 7) is 7.13. The summed E-state index contributed by atoms with van der Waals surface area (Å²) < 4.78 is 24.2. The van der Waals surface area contributed by atoms with E-state index in [2.05, 4.69) is 4.98 Å². The van der Waals surface area contributed by atoms with Crippen molar-refractivity contribution in [2.45, 2.75) is 39.0 Å². The van der Waals surface area contributed by atoms with Crippen LogP contribution in [0, 0.1) is 32.1 Å². The number of pyridine rings is 1. The van der Waals surface area contributed by atoms with Gasteiger partial charge in [-0.2, -0.15) is 5.26 Å². The fourth-order valence-electron chi connectivity index (χ4n) is 1.75. The minimum atomic E-state index is -3.41. The van der Waals surface area contributed by atoms with E-state index in [-0.39, 0.29) is 16.3 Å². The first-order valence-electron chi connectivity index (χ1n) is 5.45. The molecule has 5 heteroatoms. The Bertz CT molecular complexity index is 584. The molecule has 0 saturated carbocycles. The Kier molecular flexibility index (Phi) is 3.89. The summed E-state index contributed by atoms with van der Waals surface area (Å²) in [6.07, 6.45) is 0.527. The number of nitriles is 1. The molecule has 1 rings (SSSR count). The highest BCUT2D eigenvalue weighted by molar-refractivity contribution is 7.91. The Morgan fingerprint density at radius 3 is 2.29 bits per heavy atom. The quantitative estimate of drug-likeness (QED) is 0.825. The van der Waals surface area contributed by atoms with Gasteiger partial charge < -0.3 is 0 Å². The monoisotopic (exact) mass is 252 g/mol. The summed E-state index contributed by atoms with van der Waals surface area (Å²) in [6, 6.07) is 1.88. The third-order valence-corrected chi connectivity index (χ3v) is 4.90. The number of hydrogen-bond acceptors (Lipinski definition) is 4. The summed E-state index contributed by atoms with van der Waals surface area (Å²) in [7, 11) is -3.41. The standard InChI is InChI=1S/C12H16N2O2S/c1-5-6-17(15,16)12-9(3)8(2)10(4)14-11(12)7-13/h5-6H2,1-4H3. The maximum absolute atomic E-state index is 12.1. The molecule has 0 fully saturated rings. The van der Waals surface area contributed by atoms with Crippen LogP contribution < -0.4 is 0 Å². The van der Waals surface area contributed by atoms with Crippen molar-refractivity contribution >= 4 is 9.84 Å². The maximum Gasteiger partial charge on any atom is 0.181 e. The van der Waals surface area contributed by atoms with Gasteiger partial charge in [-0.25, -0.2) is 13.4 Å². The van der Waals surface area contributed by atoms with Gasteiger partial charge in [0.05, 0.1) is 5.75 Å². The average molecular weight is 252 g/mol. The minimum absolute atomic E-state index is 0.0130. The molecule has 1 aromatic rings. The van der Waals surface area contributed by atoms with Gasteiger partial charge in [0.15, 0.2) is 15.5 Å². The molecular formula is C12H16N2O2S. The minimum Gasteiger partial charge on any atom is -0.241 e. The summed E-state index contributed by atoms with van der Waals surface area (Å²) in [5.74, 6) is 0.0483. The molecule has 0 aromatic carbocycles. The fourth-order valence-corrected chi connectivity index (χ4v) is 3.50. The van der Waals surface area contributed by atoms with E-state index in [0.29, 0.717) is 17.7 Å². The van der Waals surface area contributed by atoms with Gasteiger partial charge in [0.25, 0.3) is 0 Å². The lowest BCUT2D eigenvalue weighted by atomic mass is 10.1. The van der Waals surface area contributed by atoms with Crippen LogP contribution in [-0.2, 0) is 9.84 Å². The number of aromatic nitrogens is 1. The summed E-state index contributed by atoms with van der Waals surface area (Å²) in [5, 5.41) is 9.01. The first-order chi connectivity index (χ1) is 7.85. The van der Waals surface area contributed by atoms with E-state index in [1.54, 1.807) is 20.8 Å². The maximum atomic E-state index is 12.1. The molecular weight excluding hydrogens is 236 g/mol. The zero-order chi connectivity index (χ0) is 13.2. The lowest BCUT2D eigenvalue weighted by Gasteiger charge is -2.12. The number of rotatable bonds is 3. The predicted molar refractivity (Wildman–Crippen MR) is 65.5 cm³/mol. The van der Waals surface area contributed by atoms with E-state index in [1.165, 1.54) is 0 Å². The van der Waals surface area contributed by atoms with Gasteiger partial charge in [0.2, 0.25) is 0 Å². The number of hydrogen-bond donors (Lipinski definition) is 0. The van der Waals surface area contributed by atoms with Gasteiger partial charge in [0.1, 0.15) is 11.0 Å². The van der Waals surface area contributed by atoms with Crippen LogP contribution in [0.1, 0.15) is 35.9 Å². The summed E-state index contributed by atoms with van der Waals surface area (Å²) in [4.78, 5) is 4.16. The van der Waals surface area contributed by atoms with Crippen LogP contribution in [0.5, 0.6) is 0 Å². The molecule has 0 aliphatic heterocycles. The van der Waals surface area contributed by atoms with Crippen molar-refractivity contribution in [3.8, 4) is 6.07 Å². The van der Waals surface area contributed by atoms with E-state index in [1.807, 2.05) is 13.0 Å². The number of nitrogens with zero attached hydrogens (tertiary/aromatic N) is 2. The normalized spacial score (nSPS) is 11.2. The van der Waals surface area contributed by atoms with E-state index < -0.39 is 9.84 Å². The van der Waals surface area contributed by atoms with Crippen LogP contribution in [-0.4, -0.2) is 19.2 Å². The molecule has 92 valence electrons. The second-order valence-electron chi connectivity index (χ2n) is 4.06. The third kappa shape index (κ3) is 2.47. The van der Waals surface area contributed by atoms with Crippen LogP contribution in [0.4, 0.5) is 0 Å². The fraction of sp³-hybridized carbons (Fsp3) is 0.500. The molecule has 0 unspecified atom stereocenters. The van der Waals surface area contributed by atoms with Crippen LogP contribution in [0.15, 0.2) is 4.90 Å². The molecule has 0 atom stereocenters. The van der Waals surface area contributed by atoms with Crippen molar-refractivity contribution in [3.05, 3.63) is 22.5 Å². The van der Waals surface area contributed by atoms with Crippen molar-refractivity contribution < 1.29 is 8.42 Å². The van der Waals surface area contributed by atoms with E-state index >= 15 is 0 Å². The zero-order valence-corrected chi connectivity index (χ0v) is 11.3. The van der Waals surface area contributed by atoms with Gasteiger partial charge in [-0.15, -0.1) is 0 Å². The van der Waals surface area contributed by atoms with Crippen molar-refractivity contribution in [2.75, 3.05) is 5.75 Å². The summed E-state index contributed by atoms with van der Waals surface area (Å²) in [5.41, 5.74) is 2.19. The Balaban J connectivity index is 3.65. The predicted octanol–water partition coefficient (Wildman–Crippen LogP) is 2.06. The molecule has 1 aromatic heterocycles. The van der Waals surface area contributed by atoms with Crippen LogP contribution in [0.3, 0.4) is 0 Å².